The van der Waals surface area contributed by atoms with Gasteiger partial charge < -0.3 is 15.8 Å². The highest BCUT2D eigenvalue weighted by atomic mass is 16.5. The maximum atomic E-state index is 11.1. The SMILES string of the molecule is CC(Cc1ccc(Oc2ccc(C(N)=O)cn2)cc1)N[C@@H](C)c1ccccc1. The lowest BCUT2D eigenvalue weighted by atomic mass is 10.0. The average molecular weight is 375 g/mol. The first-order valence-corrected chi connectivity index (χ1v) is 9.35. The van der Waals surface area contributed by atoms with Gasteiger partial charge >= 0.3 is 0 Å². The number of amides is 1. The van der Waals surface area contributed by atoms with Crippen LogP contribution in [0.15, 0.2) is 72.9 Å². The van der Waals surface area contributed by atoms with Crippen LogP contribution in [0.25, 0.3) is 0 Å². The lowest BCUT2D eigenvalue weighted by Gasteiger charge is -2.20. The van der Waals surface area contributed by atoms with E-state index in [4.69, 9.17) is 10.5 Å². The molecule has 3 aromatic rings. The molecule has 1 unspecified atom stereocenters. The van der Waals surface area contributed by atoms with Gasteiger partial charge in [-0.05, 0) is 49.6 Å². The molecule has 0 spiro atoms. The number of hydrogen-bond donors (Lipinski definition) is 2. The molecule has 5 heteroatoms. The van der Waals surface area contributed by atoms with E-state index < -0.39 is 5.91 Å². The minimum absolute atomic E-state index is 0.299. The Kier molecular flexibility index (Phi) is 6.40. The predicted octanol–water partition coefficient (Wildman–Crippen LogP) is 4.25. The van der Waals surface area contributed by atoms with Crippen LogP contribution in [0.3, 0.4) is 0 Å². The molecule has 0 radical (unpaired) electrons. The lowest BCUT2D eigenvalue weighted by molar-refractivity contribution is 0.1000. The number of rotatable bonds is 8. The monoisotopic (exact) mass is 375 g/mol. The summed E-state index contributed by atoms with van der Waals surface area (Å²) in [6.07, 6.45) is 2.33. The van der Waals surface area contributed by atoms with Gasteiger partial charge in [0.05, 0.1) is 5.56 Å². The summed E-state index contributed by atoms with van der Waals surface area (Å²) in [6, 6.07) is 22.3. The summed E-state index contributed by atoms with van der Waals surface area (Å²) in [5.74, 6) is 0.610. The average Bonchev–Trinajstić information content (AvgIpc) is 2.70. The lowest BCUT2D eigenvalue weighted by Crippen LogP contribution is -2.30. The Morgan fingerprint density at radius 2 is 1.75 bits per heavy atom. The molecule has 1 amide bonds. The summed E-state index contributed by atoms with van der Waals surface area (Å²) < 4.78 is 5.72. The van der Waals surface area contributed by atoms with Gasteiger partial charge in [-0.2, -0.15) is 0 Å². The summed E-state index contributed by atoms with van der Waals surface area (Å²) in [5, 5.41) is 3.63. The summed E-state index contributed by atoms with van der Waals surface area (Å²) in [6.45, 7) is 4.37. The van der Waals surface area contributed by atoms with Crippen LogP contribution in [0, 0.1) is 0 Å². The first-order chi connectivity index (χ1) is 13.5. The van der Waals surface area contributed by atoms with Gasteiger partial charge in [-0.15, -0.1) is 0 Å². The van der Waals surface area contributed by atoms with Crippen LogP contribution in [-0.4, -0.2) is 16.9 Å². The van der Waals surface area contributed by atoms with Crippen molar-refractivity contribution in [3.63, 3.8) is 0 Å². The molecule has 5 nitrogen and oxygen atoms in total. The van der Waals surface area contributed by atoms with Crippen molar-refractivity contribution in [2.75, 3.05) is 0 Å². The van der Waals surface area contributed by atoms with Crippen molar-refractivity contribution in [3.05, 3.63) is 89.6 Å². The number of aromatic nitrogens is 1. The molecule has 0 fully saturated rings. The Morgan fingerprint density at radius 1 is 1.04 bits per heavy atom. The molecule has 2 atom stereocenters. The van der Waals surface area contributed by atoms with E-state index in [-0.39, 0.29) is 0 Å². The third kappa shape index (κ3) is 5.41. The third-order valence-corrected chi connectivity index (χ3v) is 4.54. The maximum Gasteiger partial charge on any atom is 0.250 e. The fourth-order valence-electron chi connectivity index (χ4n) is 3.08. The van der Waals surface area contributed by atoms with Crippen molar-refractivity contribution in [2.24, 2.45) is 5.73 Å². The largest absolute Gasteiger partial charge is 0.439 e. The molecule has 0 aliphatic heterocycles. The molecule has 0 saturated carbocycles. The van der Waals surface area contributed by atoms with E-state index in [0.717, 1.165) is 6.42 Å². The molecular formula is C23H25N3O2. The molecular weight excluding hydrogens is 350 g/mol. The molecule has 0 saturated heterocycles. The van der Waals surface area contributed by atoms with Crippen LogP contribution in [0.4, 0.5) is 0 Å². The van der Waals surface area contributed by atoms with Gasteiger partial charge in [0.15, 0.2) is 0 Å². The van der Waals surface area contributed by atoms with Gasteiger partial charge in [0.1, 0.15) is 5.75 Å². The molecule has 0 bridgehead atoms. The summed E-state index contributed by atoms with van der Waals surface area (Å²) in [5.41, 5.74) is 8.08. The van der Waals surface area contributed by atoms with Crippen LogP contribution >= 0.6 is 0 Å². The molecule has 1 heterocycles. The van der Waals surface area contributed by atoms with Crippen molar-refractivity contribution in [2.45, 2.75) is 32.4 Å². The second-order valence-corrected chi connectivity index (χ2v) is 6.90. The smallest absolute Gasteiger partial charge is 0.250 e. The minimum Gasteiger partial charge on any atom is -0.439 e. The van der Waals surface area contributed by atoms with Crippen LogP contribution in [0.1, 0.15) is 41.4 Å². The second kappa shape index (κ2) is 9.15. The second-order valence-electron chi connectivity index (χ2n) is 6.90. The Balaban J connectivity index is 1.54. The summed E-state index contributed by atoms with van der Waals surface area (Å²) in [4.78, 5) is 15.2. The number of hydrogen-bond acceptors (Lipinski definition) is 4. The quantitative estimate of drug-likeness (QED) is 0.617. The van der Waals surface area contributed by atoms with Crippen molar-refractivity contribution in [1.29, 1.82) is 0 Å². The highest BCUT2D eigenvalue weighted by Crippen LogP contribution is 2.21. The Morgan fingerprint density at radius 3 is 2.36 bits per heavy atom. The third-order valence-electron chi connectivity index (χ3n) is 4.54. The minimum atomic E-state index is -0.507. The number of pyridine rings is 1. The van der Waals surface area contributed by atoms with Crippen LogP contribution in [0.5, 0.6) is 11.6 Å². The molecule has 144 valence electrons. The number of benzene rings is 2. The number of primary amides is 1. The summed E-state index contributed by atoms with van der Waals surface area (Å²) >= 11 is 0. The first kappa shape index (κ1) is 19.6. The van der Waals surface area contributed by atoms with E-state index in [1.54, 1.807) is 12.1 Å². The van der Waals surface area contributed by atoms with Crippen molar-refractivity contribution in [1.82, 2.24) is 10.3 Å². The first-order valence-electron chi connectivity index (χ1n) is 9.35. The van der Waals surface area contributed by atoms with Gasteiger partial charge in [0.2, 0.25) is 11.8 Å². The van der Waals surface area contributed by atoms with Crippen molar-refractivity contribution in [3.8, 4) is 11.6 Å². The van der Waals surface area contributed by atoms with Gasteiger partial charge in [-0.25, -0.2) is 4.98 Å². The highest BCUT2D eigenvalue weighted by Gasteiger charge is 2.10. The van der Waals surface area contributed by atoms with E-state index in [0.29, 0.717) is 29.3 Å². The molecule has 1 aromatic heterocycles. The standard InChI is InChI=1S/C23H25N3O2/c1-16(26-17(2)19-6-4-3-5-7-19)14-18-8-11-21(12-9-18)28-22-13-10-20(15-25-22)23(24)27/h3-13,15-17,26H,14H2,1-2H3,(H2,24,27)/t16?,17-/m0/s1. The number of nitrogens with zero attached hydrogens (tertiary/aromatic N) is 1. The zero-order valence-corrected chi connectivity index (χ0v) is 16.1. The number of nitrogens with two attached hydrogens (primary N) is 1. The Bertz CT molecular complexity index is 893. The van der Waals surface area contributed by atoms with E-state index in [1.165, 1.54) is 17.3 Å². The van der Waals surface area contributed by atoms with Gasteiger partial charge in [-0.1, -0.05) is 42.5 Å². The van der Waals surface area contributed by atoms with Crippen molar-refractivity contribution >= 4 is 5.91 Å². The zero-order chi connectivity index (χ0) is 19.9. The van der Waals surface area contributed by atoms with Crippen molar-refractivity contribution < 1.29 is 9.53 Å². The van der Waals surface area contributed by atoms with E-state index in [1.807, 2.05) is 18.2 Å². The van der Waals surface area contributed by atoms with E-state index in [9.17, 15) is 4.79 Å². The van der Waals surface area contributed by atoms with E-state index >= 15 is 0 Å². The van der Waals surface area contributed by atoms with Crippen LogP contribution in [-0.2, 0) is 6.42 Å². The number of carbonyl (C=O) groups excluding carboxylic acids is 1. The Labute approximate surface area is 165 Å². The zero-order valence-electron chi connectivity index (χ0n) is 16.1. The summed E-state index contributed by atoms with van der Waals surface area (Å²) in [7, 11) is 0. The van der Waals surface area contributed by atoms with Gasteiger partial charge in [0.25, 0.3) is 0 Å². The molecule has 2 aromatic carbocycles. The highest BCUT2D eigenvalue weighted by molar-refractivity contribution is 5.92. The maximum absolute atomic E-state index is 11.1. The van der Waals surface area contributed by atoms with Crippen LogP contribution < -0.4 is 15.8 Å². The normalized spacial score (nSPS) is 12.9. The molecule has 0 aliphatic rings. The molecule has 0 aliphatic carbocycles. The van der Waals surface area contributed by atoms with Gasteiger partial charge in [-0.3, -0.25) is 4.79 Å². The molecule has 3 N–H and O–H groups in total. The number of nitrogens with one attached hydrogen (secondary N) is 1. The molecule has 28 heavy (non-hydrogen) atoms. The van der Waals surface area contributed by atoms with Crippen LogP contribution in [0.2, 0.25) is 0 Å². The fourth-order valence-corrected chi connectivity index (χ4v) is 3.08. The predicted molar refractivity (Wildman–Crippen MR) is 110 cm³/mol. The van der Waals surface area contributed by atoms with E-state index in [2.05, 4.69) is 60.5 Å². The number of ether oxygens (including phenoxy) is 1. The number of carbonyl (C=O) groups is 1. The fraction of sp³-hybridized carbons (Fsp3) is 0.217. The van der Waals surface area contributed by atoms with Gasteiger partial charge in [0, 0.05) is 24.3 Å². The topological polar surface area (TPSA) is 77.2 Å². The Hall–Kier alpha value is -3.18. The molecule has 3 rings (SSSR count).